The van der Waals surface area contributed by atoms with E-state index in [0.717, 1.165) is 18.1 Å². The summed E-state index contributed by atoms with van der Waals surface area (Å²) in [5, 5.41) is 4.27. The van der Waals surface area contributed by atoms with Crippen molar-refractivity contribution in [3.8, 4) is 0 Å². The molecule has 16 heavy (non-hydrogen) atoms. The molecule has 1 N–H and O–H groups in total. The molecule has 0 saturated heterocycles. The second kappa shape index (κ2) is 6.07. The van der Waals surface area contributed by atoms with Crippen LogP contribution in [0.4, 0.5) is 0 Å². The second-order valence-corrected chi connectivity index (χ2v) is 4.74. The normalized spacial score (nSPS) is 15.2. The summed E-state index contributed by atoms with van der Waals surface area (Å²) in [6.45, 7) is 2.01. The summed E-state index contributed by atoms with van der Waals surface area (Å²) in [4.78, 5) is 0. The predicted octanol–water partition coefficient (Wildman–Crippen LogP) is 3.93. The highest BCUT2D eigenvalue weighted by atomic mass is 35.5. The second-order valence-electron chi connectivity index (χ2n) is 4.31. The lowest BCUT2D eigenvalue weighted by molar-refractivity contribution is 0.676. The molecule has 1 aliphatic rings. The number of nitrogens with one attached hydrogen (secondary N) is 1. The maximum atomic E-state index is 5.83. The van der Waals surface area contributed by atoms with Gasteiger partial charge in [0.15, 0.2) is 0 Å². The van der Waals surface area contributed by atoms with E-state index in [4.69, 9.17) is 11.6 Å². The Labute approximate surface area is 103 Å². The maximum absolute atomic E-state index is 5.83. The molecule has 0 aromatic heterocycles. The molecule has 2 heteroatoms. The summed E-state index contributed by atoms with van der Waals surface area (Å²) in [6.07, 6.45) is 7.54. The van der Waals surface area contributed by atoms with E-state index in [1.165, 1.54) is 31.2 Å². The van der Waals surface area contributed by atoms with E-state index in [9.17, 15) is 0 Å². The molecule has 1 aliphatic carbocycles. The molecule has 0 spiro atoms. The molecule has 0 saturated carbocycles. The number of hydrogen-bond donors (Lipinski definition) is 1. The van der Waals surface area contributed by atoms with Crippen molar-refractivity contribution in [2.45, 2.75) is 32.2 Å². The summed E-state index contributed by atoms with van der Waals surface area (Å²) in [5.41, 5.74) is 2.92. The topological polar surface area (TPSA) is 12.0 Å². The molecule has 0 radical (unpaired) electrons. The highest BCUT2D eigenvalue weighted by Gasteiger charge is 2.03. The Morgan fingerprint density at radius 3 is 2.69 bits per heavy atom. The van der Waals surface area contributed by atoms with Crippen molar-refractivity contribution in [1.82, 2.24) is 5.32 Å². The molecule has 0 aliphatic heterocycles. The van der Waals surface area contributed by atoms with E-state index in [2.05, 4.69) is 23.5 Å². The van der Waals surface area contributed by atoms with Crippen LogP contribution in [0.25, 0.3) is 0 Å². The van der Waals surface area contributed by atoms with Gasteiger partial charge < -0.3 is 5.32 Å². The Balaban J connectivity index is 1.66. The van der Waals surface area contributed by atoms with Crippen LogP contribution in [-0.2, 0) is 6.54 Å². The maximum Gasteiger partial charge on any atom is 0.0406 e. The van der Waals surface area contributed by atoms with Gasteiger partial charge in [-0.1, -0.05) is 35.4 Å². The van der Waals surface area contributed by atoms with Gasteiger partial charge in [-0.3, -0.25) is 0 Å². The van der Waals surface area contributed by atoms with Gasteiger partial charge in [-0.15, -0.1) is 0 Å². The van der Waals surface area contributed by atoms with Crippen LogP contribution in [0.2, 0.25) is 5.02 Å². The fourth-order valence-corrected chi connectivity index (χ4v) is 2.17. The molecule has 0 fully saturated rings. The fraction of sp³-hybridized carbons (Fsp3) is 0.429. The van der Waals surface area contributed by atoms with Gasteiger partial charge in [0.2, 0.25) is 0 Å². The Hall–Kier alpha value is -0.790. The van der Waals surface area contributed by atoms with E-state index in [-0.39, 0.29) is 0 Å². The third-order valence-corrected chi connectivity index (χ3v) is 3.25. The number of allylic oxidation sites excluding steroid dienone is 1. The summed E-state index contributed by atoms with van der Waals surface area (Å²) < 4.78 is 0. The highest BCUT2D eigenvalue weighted by molar-refractivity contribution is 6.30. The lowest BCUT2D eigenvalue weighted by atomic mass is 10.1. The minimum atomic E-state index is 0.805. The van der Waals surface area contributed by atoms with Crippen LogP contribution in [0, 0.1) is 0 Å². The molecule has 1 aromatic carbocycles. The number of benzene rings is 1. The monoisotopic (exact) mass is 235 g/mol. The molecule has 0 amide bonds. The van der Waals surface area contributed by atoms with Crippen molar-refractivity contribution in [1.29, 1.82) is 0 Å². The Morgan fingerprint density at radius 2 is 2.00 bits per heavy atom. The van der Waals surface area contributed by atoms with Crippen LogP contribution in [0.5, 0.6) is 0 Å². The summed E-state index contributed by atoms with van der Waals surface area (Å²) in [5.74, 6) is 0. The van der Waals surface area contributed by atoms with Crippen LogP contribution in [-0.4, -0.2) is 6.54 Å². The van der Waals surface area contributed by atoms with Gasteiger partial charge in [0.25, 0.3) is 0 Å². The average molecular weight is 236 g/mol. The zero-order valence-corrected chi connectivity index (χ0v) is 10.3. The van der Waals surface area contributed by atoms with Gasteiger partial charge in [0, 0.05) is 11.6 Å². The molecule has 0 unspecified atom stereocenters. The first-order valence-electron chi connectivity index (χ1n) is 5.98. The lowest BCUT2D eigenvalue weighted by Crippen LogP contribution is -2.14. The van der Waals surface area contributed by atoms with Crippen molar-refractivity contribution in [3.63, 3.8) is 0 Å². The minimum absolute atomic E-state index is 0.805. The SMILES string of the molecule is Clc1ccc(CNCCC2=CCCC2)cc1. The van der Waals surface area contributed by atoms with Crippen molar-refractivity contribution >= 4 is 11.6 Å². The van der Waals surface area contributed by atoms with Gasteiger partial charge in [-0.05, 0) is 49.9 Å². The quantitative estimate of drug-likeness (QED) is 0.602. The van der Waals surface area contributed by atoms with Crippen molar-refractivity contribution in [2.24, 2.45) is 0 Å². The third kappa shape index (κ3) is 3.66. The number of hydrogen-bond acceptors (Lipinski definition) is 1. The highest BCUT2D eigenvalue weighted by Crippen LogP contribution is 2.19. The first kappa shape index (κ1) is 11.7. The number of rotatable bonds is 5. The lowest BCUT2D eigenvalue weighted by Gasteiger charge is -2.05. The molecule has 1 aromatic rings. The van der Waals surface area contributed by atoms with E-state index in [1.54, 1.807) is 5.57 Å². The Bertz CT molecular complexity index is 354. The Kier molecular flexibility index (Phi) is 4.44. The van der Waals surface area contributed by atoms with Crippen LogP contribution in [0.1, 0.15) is 31.2 Å². The largest absolute Gasteiger partial charge is 0.312 e. The predicted molar refractivity (Wildman–Crippen MR) is 69.7 cm³/mol. The molecular weight excluding hydrogens is 218 g/mol. The Morgan fingerprint density at radius 1 is 1.19 bits per heavy atom. The fourth-order valence-electron chi connectivity index (χ4n) is 2.05. The third-order valence-electron chi connectivity index (χ3n) is 3.00. The molecule has 1 nitrogen and oxygen atoms in total. The number of halogens is 1. The van der Waals surface area contributed by atoms with Gasteiger partial charge in [0.1, 0.15) is 0 Å². The van der Waals surface area contributed by atoms with E-state index in [0.29, 0.717) is 0 Å². The van der Waals surface area contributed by atoms with Gasteiger partial charge in [-0.25, -0.2) is 0 Å². The van der Waals surface area contributed by atoms with Crippen LogP contribution < -0.4 is 5.32 Å². The zero-order chi connectivity index (χ0) is 11.2. The molecule has 2 rings (SSSR count). The van der Waals surface area contributed by atoms with Crippen LogP contribution >= 0.6 is 11.6 Å². The van der Waals surface area contributed by atoms with Gasteiger partial charge in [0.05, 0.1) is 0 Å². The van der Waals surface area contributed by atoms with Crippen LogP contribution in [0.3, 0.4) is 0 Å². The van der Waals surface area contributed by atoms with E-state index in [1.807, 2.05) is 12.1 Å². The molecule has 0 bridgehead atoms. The van der Waals surface area contributed by atoms with Crippen molar-refractivity contribution < 1.29 is 0 Å². The standard InChI is InChI=1S/C14H18ClN/c15-14-7-5-13(6-8-14)11-16-10-9-12-3-1-2-4-12/h3,5-8,16H,1-2,4,9-11H2. The van der Waals surface area contributed by atoms with E-state index < -0.39 is 0 Å². The van der Waals surface area contributed by atoms with Gasteiger partial charge in [-0.2, -0.15) is 0 Å². The van der Waals surface area contributed by atoms with Gasteiger partial charge >= 0.3 is 0 Å². The molecular formula is C14H18ClN. The zero-order valence-electron chi connectivity index (χ0n) is 9.51. The van der Waals surface area contributed by atoms with Crippen molar-refractivity contribution in [2.75, 3.05) is 6.54 Å². The first-order chi connectivity index (χ1) is 7.84. The van der Waals surface area contributed by atoms with Crippen LogP contribution in [0.15, 0.2) is 35.9 Å². The molecule has 86 valence electrons. The summed E-state index contributed by atoms with van der Waals surface area (Å²) >= 11 is 5.83. The first-order valence-corrected chi connectivity index (χ1v) is 6.35. The van der Waals surface area contributed by atoms with E-state index >= 15 is 0 Å². The minimum Gasteiger partial charge on any atom is -0.312 e. The summed E-state index contributed by atoms with van der Waals surface area (Å²) in [6, 6.07) is 8.03. The average Bonchev–Trinajstić information content (AvgIpc) is 2.80. The van der Waals surface area contributed by atoms with Crippen molar-refractivity contribution in [3.05, 3.63) is 46.5 Å². The smallest absolute Gasteiger partial charge is 0.0406 e. The molecule has 0 atom stereocenters. The summed E-state index contributed by atoms with van der Waals surface area (Å²) in [7, 11) is 0. The molecule has 0 heterocycles.